The van der Waals surface area contributed by atoms with Gasteiger partial charge in [-0.25, -0.2) is 9.80 Å². The smallest absolute Gasteiger partial charge is 0.416 e. The van der Waals surface area contributed by atoms with E-state index in [0.29, 0.717) is 23.6 Å². The van der Waals surface area contributed by atoms with Crippen molar-refractivity contribution in [2.24, 2.45) is 12.1 Å². The van der Waals surface area contributed by atoms with Crippen LogP contribution in [0.25, 0.3) is 0 Å². The van der Waals surface area contributed by atoms with Gasteiger partial charge in [0.2, 0.25) is 6.79 Å². The number of nitrogens with one attached hydrogen (secondary N) is 1. The molecule has 0 radical (unpaired) electrons. The molecule has 3 amide bonds. The number of halogens is 3. The van der Waals surface area contributed by atoms with Gasteiger partial charge in [0, 0.05) is 39.0 Å². The van der Waals surface area contributed by atoms with Crippen LogP contribution in [0.4, 0.5) is 23.7 Å². The van der Waals surface area contributed by atoms with Crippen molar-refractivity contribution in [3.05, 3.63) is 77.6 Å². The van der Waals surface area contributed by atoms with E-state index in [1.165, 1.54) is 17.0 Å². The maximum absolute atomic E-state index is 13.7. The van der Waals surface area contributed by atoms with E-state index in [4.69, 9.17) is 14.2 Å². The summed E-state index contributed by atoms with van der Waals surface area (Å²) >= 11 is 0. The molecule has 2 aromatic carbocycles. The Labute approximate surface area is 233 Å². The lowest BCUT2D eigenvalue weighted by Crippen LogP contribution is -2.44. The highest BCUT2D eigenvalue weighted by atomic mass is 19.4. The summed E-state index contributed by atoms with van der Waals surface area (Å²) in [6.07, 6.45) is -2.18. The quantitative estimate of drug-likeness (QED) is 0.425. The van der Waals surface area contributed by atoms with Gasteiger partial charge in [0.1, 0.15) is 6.54 Å². The fourth-order valence-electron chi connectivity index (χ4n) is 4.67. The number of aromatic nitrogens is 1. The molecule has 1 aromatic heterocycles. The zero-order valence-electron chi connectivity index (χ0n) is 22.4. The zero-order valence-corrected chi connectivity index (χ0v) is 22.4. The zero-order chi connectivity index (χ0) is 29.1. The van der Waals surface area contributed by atoms with Crippen LogP contribution in [0, 0.1) is 0 Å². The Bertz CT molecular complexity index is 1450. The number of amides is 3. The van der Waals surface area contributed by atoms with E-state index in [-0.39, 0.29) is 32.2 Å². The summed E-state index contributed by atoms with van der Waals surface area (Å²) in [5.41, 5.74) is 1.65. The van der Waals surface area contributed by atoms with Gasteiger partial charge >= 0.3 is 12.2 Å². The molecule has 0 aliphatic carbocycles. The number of rotatable bonds is 8. The van der Waals surface area contributed by atoms with Crippen LogP contribution in [-0.4, -0.2) is 65.7 Å². The molecule has 0 bridgehead atoms. The van der Waals surface area contributed by atoms with E-state index < -0.39 is 29.7 Å². The molecular weight excluding hydrogens is 543 g/mol. The lowest BCUT2D eigenvalue weighted by Gasteiger charge is -2.27. The molecule has 3 heterocycles. The number of aryl methyl sites for hydroxylation is 1. The lowest BCUT2D eigenvalue weighted by atomic mass is 10.00. The summed E-state index contributed by atoms with van der Waals surface area (Å²) in [6, 6.07) is 12.2. The Morgan fingerprint density at radius 1 is 1.12 bits per heavy atom. The molecule has 0 fully saturated rings. The molecule has 0 saturated carbocycles. The standard InChI is InChI=1S/C28H28F3N5O5/c1-34-11-3-4-22(34)21-15-23(18-5-10-24-25(14-18)41-17-40-24)36(33-21)26(37)16-35(12-13-39-2)27(38)32-20-8-6-19(7-9-20)28(29,30)31/h3-11,14,23H,12-13,15-17H2,1-2H3,(H,32,38)/t23-/m1/s1. The molecule has 1 atom stereocenters. The van der Waals surface area contributed by atoms with E-state index in [2.05, 4.69) is 10.4 Å². The lowest BCUT2D eigenvalue weighted by molar-refractivity contribution is -0.137. The van der Waals surface area contributed by atoms with Crippen LogP contribution in [0.3, 0.4) is 0 Å². The SMILES string of the molecule is COCCN(CC(=O)N1N=C(c2cccn2C)C[C@@H]1c1ccc2c(c1)OCO2)C(=O)Nc1ccc(C(F)(F)F)cc1. The van der Waals surface area contributed by atoms with Crippen molar-refractivity contribution in [3.63, 3.8) is 0 Å². The van der Waals surface area contributed by atoms with Gasteiger partial charge in [0.25, 0.3) is 5.91 Å². The highest BCUT2D eigenvalue weighted by Gasteiger charge is 2.36. The van der Waals surface area contributed by atoms with Crippen molar-refractivity contribution in [1.82, 2.24) is 14.5 Å². The second-order valence-electron chi connectivity index (χ2n) is 9.54. The molecule has 13 heteroatoms. The van der Waals surface area contributed by atoms with Gasteiger partial charge in [-0.15, -0.1) is 0 Å². The number of nitrogens with zero attached hydrogens (tertiary/aromatic N) is 4. The molecule has 216 valence electrons. The molecule has 2 aliphatic rings. The van der Waals surface area contributed by atoms with Crippen LogP contribution in [-0.2, 0) is 22.8 Å². The number of fused-ring (bicyclic) bond motifs is 1. The topological polar surface area (TPSA) is 97.6 Å². The summed E-state index contributed by atoms with van der Waals surface area (Å²) in [5, 5.41) is 8.59. The second kappa shape index (κ2) is 11.5. The van der Waals surface area contributed by atoms with Crippen molar-refractivity contribution in [1.29, 1.82) is 0 Å². The summed E-state index contributed by atoms with van der Waals surface area (Å²) < 4.78 is 56.7. The average molecular weight is 572 g/mol. The van der Waals surface area contributed by atoms with Crippen LogP contribution in [0.2, 0.25) is 0 Å². The van der Waals surface area contributed by atoms with Gasteiger partial charge in [-0.3, -0.25) is 4.79 Å². The van der Waals surface area contributed by atoms with E-state index in [1.807, 2.05) is 42.1 Å². The minimum atomic E-state index is -4.50. The Kier molecular flexibility index (Phi) is 7.88. The summed E-state index contributed by atoms with van der Waals surface area (Å²) in [5.74, 6) is 0.731. The number of anilines is 1. The minimum absolute atomic E-state index is 0.0611. The first-order valence-electron chi connectivity index (χ1n) is 12.8. The second-order valence-corrected chi connectivity index (χ2v) is 9.54. The monoisotopic (exact) mass is 571 g/mol. The molecule has 0 spiro atoms. The molecule has 3 aromatic rings. The average Bonchev–Trinajstić information content (AvgIpc) is 3.69. The first kappa shape index (κ1) is 28.0. The highest BCUT2D eigenvalue weighted by Crippen LogP contribution is 2.39. The third-order valence-electron chi connectivity index (χ3n) is 6.83. The Hall–Kier alpha value is -4.52. The molecule has 2 aliphatic heterocycles. The fourth-order valence-corrected chi connectivity index (χ4v) is 4.67. The number of methoxy groups -OCH3 is 1. The Morgan fingerprint density at radius 2 is 1.88 bits per heavy atom. The van der Waals surface area contributed by atoms with Crippen LogP contribution in [0.1, 0.15) is 29.3 Å². The minimum Gasteiger partial charge on any atom is -0.454 e. The number of hydrogen-bond acceptors (Lipinski definition) is 6. The van der Waals surface area contributed by atoms with Crippen LogP contribution in [0.5, 0.6) is 11.5 Å². The molecule has 41 heavy (non-hydrogen) atoms. The molecule has 0 unspecified atom stereocenters. The number of carbonyl (C=O) groups is 2. The first-order valence-corrected chi connectivity index (χ1v) is 12.8. The maximum Gasteiger partial charge on any atom is 0.416 e. The first-order chi connectivity index (χ1) is 19.6. The number of urea groups is 1. The normalized spacial score (nSPS) is 16.1. The van der Waals surface area contributed by atoms with Crippen LogP contribution >= 0.6 is 0 Å². The summed E-state index contributed by atoms with van der Waals surface area (Å²) in [6.45, 7) is -0.0384. The number of alkyl halides is 3. The van der Waals surface area contributed by atoms with Crippen molar-refractivity contribution in [2.45, 2.75) is 18.6 Å². The molecular formula is C28H28F3N5O5. The molecule has 10 nitrogen and oxygen atoms in total. The number of hydrazone groups is 1. The Morgan fingerprint density at radius 3 is 2.56 bits per heavy atom. The van der Waals surface area contributed by atoms with Gasteiger partial charge in [0.15, 0.2) is 11.5 Å². The highest BCUT2D eigenvalue weighted by molar-refractivity contribution is 6.02. The molecule has 5 rings (SSSR count). The van der Waals surface area contributed by atoms with E-state index in [0.717, 1.165) is 35.5 Å². The van der Waals surface area contributed by atoms with Crippen LogP contribution < -0.4 is 14.8 Å². The number of carbonyl (C=O) groups excluding carboxylic acids is 2. The summed E-state index contributed by atoms with van der Waals surface area (Å²) in [7, 11) is 3.34. The Balaban J connectivity index is 1.37. The van der Waals surface area contributed by atoms with Crippen molar-refractivity contribution in [2.75, 3.05) is 38.9 Å². The predicted octanol–water partition coefficient (Wildman–Crippen LogP) is 4.63. The van der Waals surface area contributed by atoms with E-state index >= 15 is 0 Å². The molecule has 1 N–H and O–H groups in total. The predicted molar refractivity (Wildman–Crippen MR) is 143 cm³/mol. The van der Waals surface area contributed by atoms with E-state index in [9.17, 15) is 22.8 Å². The fraction of sp³-hybridized carbons (Fsp3) is 0.321. The van der Waals surface area contributed by atoms with Gasteiger partial charge in [-0.05, 0) is 54.1 Å². The van der Waals surface area contributed by atoms with Crippen LogP contribution in [0.15, 0.2) is 65.9 Å². The third-order valence-corrected chi connectivity index (χ3v) is 6.83. The van der Waals surface area contributed by atoms with Gasteiger partial charge in [-0.2, -0.15) is 18.3 Å². The van der Waals surface area contributed by atoms with E-state index in [1.54, 1.807) is 6.07 Å². The van der Waals surface area contributed by atoms with Crippen molar-refractivity contribution >= 4 is 23.3 Å². The largest absolute Gasteiger partial charge is 0.454 e. The maximum atomic E-state index is 13.7. The van der Waals surface area contributed by atoms with Gasteiger partial charge < -0.3 is 29.0 Å². The number of benzene rings is 2. The number of ether oxygens (including phenoxy) is 3. The van der Waals surface area contributed by atoms with Gasteiger partial charge in [-0.1, -0.05) is 6.07 Å². The van der Waals surface area contributed by atoms with Crippen molar-refractivity contribution < 1.29 is 37.0 Å². The number of hydrogen-bond donors (Lipinski definition) is 1. The van der Waals surface area contributed by atoms with Crippen molar-refractivity contribution in [3.8, 4) is 11.5 Å². The summed E-state index contributed by atoms with van der Waals surface area (Å²) in [4.78, 5) is 28.1. The molecule has 0 saturated heterocycles. The van der Waals surface area contributed by atoms with Gasteiger partial charge in [0.05, 0.1) is 29.6 Å². The third kappa shape index (κ3) is 6.14.